The van der Waals surface area contributed by atoms with Gasteiger partial charge in [-0.05, 0) is 25.0 Å². The maximum atomic E-state index is 12.6. The first-order valence-electron chi connectivity index (χ1n) is 9.66. The van der Waals surface area contributed by atoms with Crippen molar-refractivity contribution in [3.05, 3.63) is 36.6 Å². The van der Waals surface area contributed by atoms with Crippen LogP contribution < -0.4 is 10.6 Å². The Labute approximate surface area is 167 Å². The quantitative estimate of drug-likeness (QED) is 0.685. The van der Waals surface area contributed by atoms with Crippen LogP contribution in [-0.4, -0.2) is 58.2 Å². The number of urea groups is 1. The third-order valence-corrected chi connectivity index (χ3v) is 5.02. The Morgan fingerprint density at radius 2 is 2.03 bits per heavy atom. The number of pyridine rings is 2. The van der Waals surface area contributed by atoms with E-state index >= 15 is 0 Å². The van der Waals surface area contributed by atoms with Gasteiger partial charge in [-0.3, -0.25) is 10.3 Å². The Morgan fingerprint density at radius 1 is 1.21 bits per heavy atom. The Morgan fingerprint density at radius 3 is 2.76 bits per heavy atom. The van der Waals surface area contributed by atoms with E-state index in [0.717, 1.165) is 29.3 Å². The molecule has 9 heteroatoms. The molecule has 152 valence electrons. The van der Waals surface area contributed by atoms with Gasteiger partial charge in [0.15, 0.2) is 11.7 Å². The van der Waals surface area contributed by atoms with E-state index in [0.29, 0.717) is 37.1 Å². The molecule has 0 saturated carbocycles. The second kappa shape index (κ2) is 8.52. The molecule has 1 fully saturated rings. The molecule has 1 saturated heterocycles. The monoisotopic (exact) mass is 398 g/mol. The van der Waals surface area contributed by atoms with Crippen LogP contribution in [0, 0.1) is 6.92 Å². The van der Waals surface area contributed by atoms with Crippen LogP contribution in [0.4, 0.5) is 15.0 Å². The zero-order valence-electron chi connectivity index (χ0n) is 16.2. The molecule has 4 heterocycles. The minimum absolute atomic E-state index is 0.184. The third-order valence-electron chi connectivity index (χ3n) is 5.02. The number of alkyl halides is 1. The molecule has 0 bridgehead atoms. The standard InChI is InChI=1S/C20H23FN6O2/c1-13-23-12-18(29-13)15-8-14-9-19(25-11-17(14)24-10-15)26-20(28)27-6-2-16(3-7-27)22-5-4-21/h8-12,16,22H,2-7H2,1H3,(H,25,26,28). The minimum Gasteiger partial charge on any atom is -0.441 e. The number of carbonyl (C=O) groups is 1. The van der Waals surface area contributed by atoms with Gasteiger partial charge in [0.1, 0.15) is 12.5 Å². The number of hydrogen-bond acceptors (Lipinski definition) is 6. The normalized spacial score (nSPS) is 15.0. The number of rotatable bonds is 5. The maximum absolute atomic E-state index is 12.6. The highest BCUT2D eigenvalue weighted by molar-refractivity contribution is 5.91. The summed E-state index contributed by atoms with van der Waals surface area (Å²) in [6, 6.07) is 3.80. The molecule has 3 aromatic rings. The van der Waals surface area contributed by atoms with E-state index in [2.05, 4.69) is 25.6 Å². The van der Waals surface area contributed by atoms with Crippen LogP contribution in [0.25, 0.3) is 22.2 Å². The fraction of sp³-hybridized carbons (Fsp3) is 0.400. The van der Waals surface area contributed by atoms with Gasteiger partial charge in [0.05, 0.1) is 17.9 Å². The average Bonchev–Trinajstić information content (AvgIpc) is 3.18. The van der Waals surface area contributed by atoms with Crippen LogP contribution in [0.3, 0.4) is 0 Å². The second-order valence-electron chi connectivity index (χ2n) is 7.06. The SMILES string of the molecule is Cc1ncc(-c2cnc3cnc(NC(=O)N4CCC(NCCF)CC4)cc3c2)o1. The van der Waals surface area contributed by atoms with E-state index in [1.807, 2.05) is 6.07 Å². The maximum Gasteiger partial charge on any atom is 0.323 e. The van der Waals surface area contributed by atoms with Gasteiger partial charge in [-0.2, -0.15) is 0 Å². The number of nitrogens with one attached hydrogen (secondary N) is 2. The van der Waals surface area contributed by atoms with Gasteiger partial charge in [-0.15, -0.1) is 0 Å². The zero-order valence-corrected chi connectivity index (χ0v) is 16.2. The average molecular weight is 398 g/mol. The fourth-order valence-corrected chi connectivity index (χ4v) is 3.46. The minimum atomic E-state index is -0.374. The van der Waals surface area contributed by atoms with Crippen molar-refractivity contribution in [2.24, 2.45) is 0 Å². The Balaban J connectivity index is 1.43. The number of nitrogens with zero attached hydrogens (tertiary/aromatic N) is 4. The number of likely N-dealkylation sites (tertiary alicyclic amines) is 1. The number of piperidine rings is 1. The zero-order chi connectivity index (χ0) is 20.2. The summed E-state index contributed by atoms with van der Waals surface area (Å²) in [4.78, 5) is 27.1. The fourth-order valence-electron chi connectivity index (χ4n) is 3.46. The highest BCUT2D eigenvalue weighted by atomic mass is 19.1. The number of aromatic nitrogens is 3. The summed E-state index contributed by atoms with van der Waals surface area (Å²) in [5, 5.41) is 6.86. The lowest BCUT2D eigenvalue weighted by Crippen LogP contribution is -2.46. The number of hydrogen-bond donors (Lipinski definition) is 2. The van der Waals surface area contributed by atoms with Gasteiger partial charge in [0, 0.05) is 49.7 Å². The van der Waals surface area contributed by atoms with Crippen molar-refractivity contribution in [1.29, 1.82) is 0 Å². The summed E-state index contributed by atoms with van der Waals surface area (Å²) >= 11 is 0. The Kier molecular flexibility index (Phi) is 5.66. The van der Waals surface area contributed by atoms with Gasteiger partial charge in [0.2, 0.25) is 0 Å². The van der Waals surface area contributed by atoms with Gasteiger partial charge in [-0.25, -0.2) is 19.2 Å². The van der Waals surface area contributed by atoms with Crippen LogP contribution >= 0.6 is 0 Å². The van der Waals surface area contributed by atoms with Crippen molar-refractivity contribution in [1.82, 2.24) is 25.2 Å². The largest absolute Gasteiger partial charge is 0.441 e. The molecule has 1 aliphatic heterocycles. The molecule has 3 aromatic heterocycles. The van der Waals surface area contributed by atoms with Crippen LogP contribution in [0.15, 0.2) is 35.1 Å². The predicted molar refractivity (Wildman–Crippen MR) is 107 cm³/mol. The molecule has 4 rings (SSSR count). The molecule has 0 atom stereocenters. The summed E-state index contributed by atoms with van der Waals surface area (Å²) in [6.07, 6.45) is 6.62. The molecule has 2 N–H and O–H groups in total. The summed E-state index contributed by atoms with van der Waals surface area (Å²) < 4.78 is 17.8. The van der Waals surface area contributed by atoms with Crippen molar-refractivity contribution < 1.29 is 13.6 Å². The number of anilines is 1. The summed E-state index contributed by atoms with van der Waals surface area (Å²) in [5.41, 5.74) is 1.53. The highest BCUT2D eigenvalue weighted by Crippen LogP contribution is 2.24. The molecule has 2 amide bonds. The van der Waals surface area contributed by atoms with Crippen LogP contribution in [0.1, 0.15) is 18.7 Å². The number of fused-ring (bicyclic) bond motifs is 1. The van der Waals surface area contributed by atoms with E-state index < -0.39 is 0 Å². The molecule has 29 heavy (non-hydrogen) atoms. The highest BCUT2D eigenvalue weighted by Gasteiger charge is 2.22. The molecule has 0 unspecified atom stereocenters. The van der Waals surface area contributed by atoms with Crippen molar-refractivity contribution in [2.45, 2.75) is 25.8 Å². The number of aryl methyl sites for hydroxylation is 1. The number of oxazole rings is 1. The Hall–Kier alpha value is -3.07. The van der Waals surface area contributed by atoms with Crippen LogP contribution in [-0.2, 0) is 0 Å². The summed E-state index contributed by atoms with van der Waals surface area (Å²) in [7, 11) is 0. The molecule has 0 radical (unpaired) electrons. The number of halogens is 1. The van der Waals surface area contributed by atoms with Gasteiger partial charge >= 0.3 is 6.03 Å². The van der Waals surface area contributed by atoms with E-state index in [1.165, 1.54) is 0 Å². The van der Waals surface area contributed by atoms with E-state index in [4.69, 9.17) is 4.42 Å². The first kappa shape index (κ1) is 19.3. The van der Waals surface area contributed by atoms with Crippen molar-refractivity contribution in [3.63, 3.8) is 0 Å². The van der Waals surface area contributed by atoms with Crippen LogP contribution in [0.5, 0.6) is 0 Å². The predicted octanol–water partition coefficient (Wildman–Crippen LogP) is 3.15. The van der Waals surface area contributed by atoms with Crippen molar-refractivity contribution in [2.75, 3.05) is 31.6 Å². The first-order valence-corrected chi connectivity index (χ1v) is 9.66. The van der Waals surface area contributed by atoms with Crippen molar-refractivity contribution >= 4 is 22.8 Å². The number of carbonyl (C=O) groups excluding carboxylic acids is 1. The summed E-state index contributed by atoms with van der Waals surface area (Å²) in [6.45, 7) is 3.03. The first-order chi connectivity index (χ1) is 14.1. The molecule has 0 spiro atoms. The molecule has 0 aromatic carbocycles. The lowest BCUT2D eigenvalue weighted by molar-refractivity contribution is 0.188. The second-order valence-corrected chi connectivity index (χ2v) is 7.06. The smallest absolute Gasteiger partial charge is 0.323 e. The lowest BCUT2D eigenvalue weighted by Gasteiger charge is -2.32. The summed E-state index contributed by atoms with van der Waals surface area (Å²) in [5.74, 6) is 1.70. The van der Waals surface area contributed by atoms with Gasteiger partial charge in [0.25, 0.3) is 0 Å². The molecular formula is C20H23FN6O2. The molecular weight excluding hydrogens is 375 g/mol. The Bertz CT molecular complexity index is 1000. The molecule has 8 nitrogen and oxygen atoms in total. The topological polar surface area (TPSA) is 96.2 Å². The lowest BCUT2D eigenvalue weighted by atomic mass is 10.1. The third kappa shape index (κ3) is 4.51. The van der Waals surface area contributed by atoms with E-state index in [-0.39, 0.29) is 18.7 Å². The molecule has 1 aliphatic rings. The molecule has 0 aliphatic carbocycles. The van der Waals surface area contributed by atoms with Gasteiger partial charge in [-0.1, -0.05) is 0 Å². The van der Waals surface area contributed by atoms with Gasteiger partial charge < -0.3 is 14.6 Å². The van der Waals surface area contributed by atoms with E-state index in [9.17, 15) is 9.18 Å². The van der Waals surface area contributed by atoms with Crippen LogP contribution in [0.2, 0.25) is 0 Å². The van der Waals surface area contributed by atoms with E-state index in [1.54, 1.807) is 36.5 Å². The van der Waals surface area contributed by atoms with Crippen molar-refractivity contribution in [3.8, 4) is 11.3 Å². The number of amides is 2.